The van der Waals surface area contributed by atoms with E-state index in [0.29, 0.717) is 38.3 Å². The molecular formula is C18H24F3N3O. The van der Waals surface area contributed by atoms with Crippen LogP contribution in [0.3, 0.4) is 0 Å². The third kappa shape index (κ3) is 4.73. The van der Waals surface area contributed by atoms with Crippen LogP contribution in [0.15, 0.2) is 24.3 Å². The summed E-state index contributed by atoms with van der Waals surface area (Å²) in [5.41, 5.74) is 0.0470. The van der Waals surface area contributed by atoms with E-state index in [0.717, 1.165) is 31.9 Å². The lowest BCUT2D eigenvalue weighted by molar-refractivity contribution is -0.138. The highest BCUT2D eigenvalue weighted by atomic mass is 19.4. The Bertz CT molecular complexity index is 591. The molecule has 2 heterocycles. The minimum absolute atomic E-state index is 0.0660. The molecule has 2 fully saturated rings. The molecule has 1 unspecified atom stereocenters. The molecule has 0 radical (unpaired) electrons. The average molecular weight is 355 g/mol. The van der Waals surface area contributed by atoms with Gasteiger partial charge in [-0.25, -0.2) is 0 Å². The maximum Gasteiger partial charge on any atom is 0.416 e. The first-order valence-electron chi connectivity index (χ1n) is 8.84. The normalized spacial score (nSPS) is 22.8. The zero-order valence-electron chi connectivity index (χ0n) is 14.2. The van der Waals surface area contributed by atoms with E-state index in [2.05, 4.69) is 10.2 Å². The molecule has 7 heteroatoms. The topological polar surface area (TPSA) is 35.6 Å². The molecule has 2 aliphatic heterocycles. The van der Waals surface area contributed by atoms with Gasteiger partial charge < -0.3 is 10.2 Å². The SMILES string of the molecule is O=C(C1CCCCN1)N1CCN(Cc2cccc(C(F)(F)F)c2)CC1. The number of nitrogens with one attached hydrogen (secondary N) is 1. The summed E-state index contributed by atoms with van der Waals surface area (Å²) in [6.45, 7) is 4.02. The Kier molecular flexibility index (Phi) is 5.64. The van der Waals surface area contributed by atoms with Gasteiger partial charge in [0.1, 0.15) is 0 Å². The molecular weight excluding hydrogens is 331 g/mol. The third-order valence-electron chi connectivity index (χ3n) is 4.95. The minimum Gasteiger partial charge on any atom is -0.339 e. The summed E-state index contributed by atoms with van der Waals surface area (Å²) in [6.07, 6.45) is -1.22. The molecule has 0 aliphatic carbocycles. The summed E-state index contributed by atoms with van der Waals surface area (Å²) in [7, 11) is 0. The average Bonchev–Trinajstić information content (AvgIpc) is 2.62. The number of alkyl halides is 3. The fraction of sp³-hybridized carbons (Fsp3) is 0.611. The van der Waals surface area contributed by atoms with Crippen molar-refractivity contribution < 1.29 is 18.0 Å². The number of hydrogen-bond acceptors (Lipinski definition) is 3. The highest BCUT2D eigenvalue weighted by Crippen LogP contribution is 2.29. The molecule has 25 heavy (non-hydrogen) atoms. The van der Waals surface area contributed by atoms with Crippen molar-refractivity contribution in [2.24, 2.45) is 0 Å². The van der Waals surface area contributed by atoms with Crippen LogP contribution in [0.1, 0.15) is 30.4 Å². The molecule has 4 nitrogen and oxygen atoms in total. The van der Waals surface area contributed by atoms with Gasteiger partial charge in [0.15, 0.2) is 0 Å². The third-order valence-corrected chi connectivity index (χ3v) is 4.95. The van der Waals surface area contributed by atoms with Crippen LogP contribution in [-0.4, -0.2) is 54.5 Å². The Balaban J connectivity index is 1.52. The van der Waals surface area contributed by atoms with Gasteiger partial charge in [0.05, 0.1) is 11.6 Å². The minimum atomic E-state index is -4.31. The largest absolute Gasteiger partial charge is 0.416 e. The van der Waals surface area contributed by atoms with Crippen LogP contribution in [0.2, 0.25) is 0 Å². The molecule has 1 amide bonds. The van der Waals surface area contributed by atoms with Crippen LogP contribution >= 0.6 is 0 Å². The molecule has 0 saturated carbocycles. The molecule has 0 bridgehead atoms. The van der Waals surface area contributed by atoms with Gasteiger partial charge in [-0.3, -0.25) is 9.69 Å². The van der Waals surface area contributed by atoms with Gasteiger partial charge in [-0.1, -0.05) is 24.6 Å². The number of nitrogens with zero attached hydrogens (tertiary/aromatic N) is 2. The zero-order chi connectivity index (χ0) is 17.9. The number of piperazine rings is 1. The lowest BCUT2D eigenvalue weighted by Crippen LogP contribution is -2.54. The maximum absolute atomic E-state index is 12.8. The molecule has 138 valence electrons. The smallest absolute Gasteiger partial charge is 0.339 e. The number of hydrogen-bond donors (Lipinski definition) is 1. The molecule has 1 aromatic carbocycles. The van der Waals surface area contributed by atoms with Crippen LogP contribution in [0.25, 0.3) is 0 Å². The summed E-state index contributed by atoms with van der Waals surface area (Å²) in [6, 6.07) is 5.41. The second kappa shape index (κ2) is 7.74. The van der Waals surface area contributed by atoms with Gasteiger partial charge in [-0.2, -0.15) is 13.2 Å². The Morgan fingerprint density at radius 3 is 2.56 bits per heavy atom. The predicted molar refractivity (Wildman–Crippen MR) is 88.9 cm³/mol. The fourth-order valence-corrected chi connectivity index (χ4v) is 3.51. The summed E-state index contributed by atoms with van der Waals surface area (Å²) in [5.74, 6) is 0.165. The van der Waals surface area contributed by atoms with E-state index < -0.39 is 11.7 Å². The van der Waals surface area contributed by atoms with Crippen molar-refractivity contribution in [3.8, 4) is 0 Å². The molecule has 2 saturated heterocycles. The first-order valence-corrected chi connectivity index (χ1v) is 8.84. The monoisotopic (exact) mass is 355 g/mol. The number of carbonyl (C=O) groups excluding carboxylic acids is 1. The first-order chi connectivity index (χ1) is 11.9. The van der Waals surface area contributed by atoms with Crippen molar-refractivity contribution in [3.05, 3.63) is 35.4 Å². The van der Waals surface area contributed by atoms with Crippen molar-refractivity contribution in [1.82, 2.24) is 15.1 Å². The molecule has 1 atom stereocenters. The molecule has 2 aliphatic rings. The van der Waals surface area contributed by atoms with Gasteiger partial charge in [0.2, 0.25) is 5.91 Å². The molecule has 1 aromatic rings. The van der Waals surface area contributed by atoms with Crippen molar-refractivity contribution >= 4 is 5.91 Å². The van der Waals surface area contributed by atoms with Crippen LogP contribution in [0, 0.1) is 0 Å². The Morgan fingerprint density at radius 2 is 1.92 bits per heavy atom. The first kappa shape index (κ1) is 18.2. The summed E-state index contributed by atoms with van der Waals surface area (Å²) < 4.78 is 38.4. The lowest BCUT2D eigenvalue weighted by atomic mass is 10.0. The van der Waals surface area contributed by atoms with Gasteiger partial charge >= 0.3 is 6.18 Å². The highest BCUT2D eigenvalue weighted by Gasteiger charge is 2.31. The standard InChI is InChI=1S/C18H24F3N3O/c19-18(20,21)15-5-3-4-14(12-15)13-23-8-10-24(11-9-23)17(25)16-6-1-2-7-22-16/h3-5,12,16,22H,1-2,6-11,13H2. The summed E-state index contributed by atoms with van der Waals surface area (Å²) >= 11 is 0. The van der Waals surface area contributed by atoms with E-state index >= 15 is 0 Å². The van der Waals surface area contributed by atoms with E-state index in [9.17, 15) is 18.0 Å². The van der Waals surface area contributed by atoms with E-state index in [4.69, 9.17) is 0 Å². The second-order valence-corrected chi connectivity index (χ2v) is 6.80. The number of benzene rings is 1. The Hall–Kier alpha value is -1.60. The van der Waals surface area contributed by atoms with E-state index in [1.54, 1.807) is 6.07 Å². The Labute approximate surface area is 146 Å². The Morgan fingerprint density at radius 1 is 1.16 bits per heavy atom. The summed E-state index contributed by atoms with van der Waals surface area (Å²) in [4.78, 5) is 16.5. The quantitative estimate of drug-likeness (QED) is 0.905. The molecule has 0 aromatic heterocycles. The van der Waals surface area contributed by atoms with Crippen molar-refractivity contribution in [3.63, 3.8) is 0 Å². The van der Waals surface area contributed by atoms with Gasteiger partial charge in [0, 0.05) is 32.7 Å². The fourth-order valence-electron chi connectivity index (χ4n) is 3.51. The number of piperidine rings is 1. The molecule has 1 N–H and O–H groups in total. The van der Waals surface area contributed by atoms with Crippen LogP contribution in [-0.2, 0) is 17.5 Å². The second-order valence-electron chi connectivity index (χ2n) is 6.80. The van der Waals surface area contributed by atoms with E-state index in [1.807, 2.05) is 4.90 Å². The maximum atomic E-state index is 12.8. The van der Waals surface area contributed by atoms with E-state index in [-0.39, 0.29) is 11.9 Å². The zero-order valence-corrected chi connectivity index (χ0v) is 14.2. The van der Waals surface area contributed by atoms with Crippen LogP contribution < -0.4 is 5.32 Å². The van der Waals surface area contributed by atoms with Gasteiger partial charge in [-0.05, 0) is 31.0 Å². The van der Waals surface area contributed by atoms with Gasteiger partial charge in [-0.15, -0.1) is 0 Å². The van der Waals surface area contributed by atoms with Crippen molar-refractivity contribution in [1.29, 1.82) is 0 Å². The van der Waals surface area contributed by atoms with E-state index in [1.165, 1.54) is 12.1 Å². The predicted octanol–water partition coefficient (Wildman–Crippen LogP) is 2.49. The van der Waals surface area contributed by atoms with Crippen LogP contribution in [0.5, 0.6) is 0 Å². The summed E-state index contributed by atoms with van der Waals surface area (Å²) in [5, 5.41) is 3.28. The number of halogens is 3. The van der Waals surface area contributed by atoms with Crippen molar-refractivity contribution in [2.45, 2.75) is 38.0 Å². The van der Waals surface area contributed by atoms with Gasteiger partial charge in [0.25, 0.3) is 0 Å². The van der Waals surface area contributed by atoms with Crippen LogP contribution in [0.4, 0.5) is 13.2 Å². The van der Waals surface area contributed by atoms with Crippen molar-refractivity contribution in [2.75, 3.05) is 32.7 Å². The number of rotatable bonds is 3. The molecule has 0 spiro atoms. The number of amides is 1. The lowest BCUT2D eigenvalue weighted by Gasteiger charge is -2.37. The highest BCUT2D eigenvalue weighted by molar-refractivity contribution is 5.82. The number of carbonyl (C=O) groups is 1. The molecule has 3 rings (SSSR count).